The van der Waals surface area contributed by atoms with Crippen molar-refractivity contribution in [3.63, 3.8) is 0 Å². The Labute approximate surface area is 171 Å². The summed E-state index contributed by atoms with van der Waals surface area (Å²) in [6.45, 7) is 5.82. The number of nitrogens with zero attached hydrogens (tertiary/aromatic N) is 1. The summed E-state index contributed by atoms with van der Waals surface area (Å²) >= 11 is 0. The van der Waals surface area contributed by atoms with E-state index >= 15 is 0 Å². The summed E-state index contributed by atoms with van der Waals surface area (Å²) in [4.78, 5) is 16.6. The quantitative estimate of drug-likeness (QED) is 0.293. The second-order valence-electron chi connectivity index (χ2n) is 5.96. The molecule has 0 aliphatic carbocycles. The molecule has 0 saturated heterocycles. The minimum atomic E-state index is -0.340. The number of para-hydroxylation sites is 1. The first kappa shape index (κ1) is 21.9. The number of methoxy groups -OCH3 is 1. The van der Waals surface area contributed by atoms with E-state index in [1.54, 1.807) is 25.3 Å². The van der Waals surface area contributed by atoms with Crippen LogP contribution in [-0.2, 0) is 0 Å². The lowest BCUT2D eigenvalue weighted by Gasteiger charge is -2.14. The highest BCUT2D eigenvalue weighted by Gasteiger charge is 2.09. The maximum atomic E-state index is 12.1. The average Bonchev–Trinajstić information content (AvgIpc) is 2.72. The first-order valence-electron chi connectivity index (χ1n) is 9.51. The molecule has 0 spiro atoms. The monoisotopic (exact) mass is 400 g/mol. The molecule has 156 valence electrons. The largest absolute Gasteiger partial charge is 0.507 e. The van der Waals surface area contributed by atoms with Crippen LogP contribution in [0, 0.1) is 0 Å². The van der Waals surface area contributed by atoms with Crippen LogP contribution in [0.25, 0.3) is 0 Å². The smallest absolute Gasteiger partial charge is 0.255 e. The summed E-state index contributed by atoms with van der Waals surface area (Å²) in [6, 6.07) is 12.0. The summed E-state index contributed by atoms with van der Waals surface area (Å²) in [5.41, 5.74) is 1.03. The number of ether oxygens (including phenoxy) is 2. The molecule has 2 aromatic carbocycles. The number of carbonyl (C=O) groups is 1. The van der Waals surface area contributed by atoms with Gasteiger partial charge in [-0.1, -0.05) is 12.1 Å². The van der Waals surface area contributed by atoms with E-state index in [1.807, 2.05) is 32.0 Å². The molecule has 0 saturated carbocycles. The molecule has 0 radical (unpaired) electrons. The Morgan fingerprint density at radius 3 is 2.59 bits per heavy atom. The predicted octanol–water partition coefficient (Wildman–Crippen LogP) is 2.61. The SMILES string of the molecule is CCNC(=NCCNC(=O)c1ccccc1O)Nc1ccc(OCC)c(OC)c1. The van der Waals surface area contributed by atoms with Gasteiger partial charge in [0.15, 0.2) is 17.5 Å². The highest BCUT2D eigenvalue weighted by molar-refractivity contribution is 5.97. The average molecular weight is 400 g/mol. The summed E-state index contributed by atoms with van der Waals surface area (Å²) in [5.74, 6) is 1.49. The van der Waals surface area contributed by atoms with Crippen LogP contribution in [0.5, 0.6) is 17.2 Å². The van der Waals surface area contributed by atoms with Gasteiger partial charge in [0, 0.05) is 24.8 Å². The molecule has 2 rings (SSSR count). The fraction of sp³-hybridized carbons (Fsp3) is 0.333. The molecular formula is C21H28N4O4. The Hall–Kier alpha value is -3.42. The summed E-state index contributed by atoms with van der Waals surface area (Å²) in [7, 11) is 1.59. The fourth-order valence-electron chi connectivity index (χ4n) is 2.56. The molecule has 8 heteroatoms. The second-order valence-corrected chi connectivity index (χ2v) is 5.96. The van der Waals surface area contributed by atoms with Gasteiger partial charge in [-0.05, 0) is 38.1 Å². The highest BCUT2D eigenvalue weighted by Crippen LogP contribution is 2.30. The zero-order valence-corrected chi connectivity index (χ0v) is 17.0. The van der Waals surface area contributed by atoms with Crippen molar-refractivity contribution in [2.24, 2.45) is 4.99 Å². The number of aliphatic imine (C=N–C) groups is 1. The van der Waals surface area contributed by atoms with Crippen molar-refractivity contribution in [1.82, 2.24) is 10.6 Å². The molecule has 0 unspecified atom stereocenters. The number of guanidine groups is 1. The Balaban J connectivity index is 1.96. The van der Waals surface area contributed by atoms with Gasteiger partial charge in [-0.2, -0.15) is 0 Å². The Morgan fingerprint density at radius 1 is 1.10 bits per heavy atom. The molecule has 1 amide bonds. The van der Waals surface area contributed by atoms with Gasteiger partial charge in [0.1, 0.15) is 5.75 Å². The van der Waals surface area contributed by atoms with E-state index in [2.05, 4.69) is 20.9 Å². The van der Waals surface area contributed by atoms with Crippen molar-refractivity contribution >= 4 is 17.6 Å². The van der Waals surface area contributed by atoms with Gasteiger partial charge >= 0.3 is 0 Å². The third-order valence-electron chi connectivity index (χ3n) is 3.89. The van der Waals surface area contributed by atoms with E-state index in [1.165, 1.54) is 6.07 Å². The third-order valence-corrected chi connectivity index (χ3v) is 3.89. The molecule has 29 heavy (non-hydrogen) atoms. The maximum absolute atomic E-state index is 12.1. The van der Waals surface area contributed by atoms with E-state index < -0.39 is 0 Å². The summed E-state index contributed by atoms with van der Waals surface area (Å²) in [6.07, 6.45) is 0. The third kappa shape index (κ3) is 6.60. The zero-order chi connectivity index (χ0) is 21.1. The Bertz CT molecular complexity index is 839. The molecule has 0 heterocycles. The zero-order valence-electron chi connectivity index (χ0n) is 17.0. The number of carbonyl (C=O) groups excluding carboxylic acids is 1. The van der Waals surface area contributed by atoms with Crippen LogP contribution in [-0.4, -0.2) is 50.3 Å². The topological polar surface area (TPSA) is 104 Å². The molecule has 0 bridgehead atoms. The Morgan fingerprint density at radius 2 is 1.90 bits per heavy atom. The van der Waals surface area contributed by atoms with Crippen LogP contribution < -0.4 is 25.4 Å². The van der Waals surface area contributed by atoms with Crippen molar-refractivity contribution < 1.29 is 19.4 Å². The minimum Gasteiger partial charge on any atom is -0.507 e. The molecule has 0 fully saturated rings. The molecular weight excluding hydrogens is 372 g/mol. The van der Waals surface area contributed by atoms with Crippen molar-refractivity contribution in [3.8, 4) is 17.2 Å². The molecule has 0 aliphatic heterocycles. The second kappa shape index (κ2) is 11.4. The molecule has 0 aromatic heterocycles. The number of phenolic OH excluding ortho intramolecular Hbond substituents is 1. The van der Waals surface area contributed by atoms with Gasteiger partial charge in [-0.15, -0.1) is 0 Å². The van der Waals surface area contributed by atoms with Gasteiger partial charge in [-0.3, -0.25) is 9.79 Å². The number of hydrogen-bond donors (Lipinski definition) is 4. The lowest BCUT2D eigenvalue weighted by molar-refractivity contribution is 0.0952. The van der Waals surface area contributed by atoms with Gasteiger partial charge in [0.25, 0.3) is 5.91 Å². The minimum absolute atomic E-state index is 0.0482. The Kier molecular flexibility index (Phi) is 8.62. The first-order chi connectivity index (χ1) is 14.1. The number of aromatic hydroxyl groups is 1. The van der Waals surface area contributed by atoms with Gasteiger partial charge in [0.2, 0.25) is 0 Å². The first-order valence-corrected chi connectivity index (χ1v) is 9.51. The summed E-state index contributed by atoms with van der Waals surface area (Å²) in [5, 5.41) is 18.8. The van der Waals surface area contributed by atoms with Gasteiger partial charge in [0.05, 0.1) is 25.8 Å². The van der Waals surface area contributed by atoms with E-state index in [9.17, 15) is 9.90 Å². The predicted molar refractivity (Wildman–Crippen MR) is 114 cm³/mol. The van der Waals surface area contributed by atoms with Crippen LogP contribution in [0.15, 0.2) is 47.5 Å². The standard InChI is InChI=1S/C21H28N4O4/c1-4-22-21(25-15-10-11-18(29-5-2)19(14-15)28-3)24-13-12-23-20(27)16-8-6-7-9-17(16)26/h6-11,14,26H,4-5,12-13H2,1-3H3,(H,23,27)(H2,22,24,25). The maximum Gasteiger partial charge on any atom is 0.255 e. The van der Waals surface area contributed by atoms with Crippen LogP contribution >= 0.6 is 0 Å². The number of hydrogen-bond acceptors (Lipinski definition) is 5. The molecule has 8 nitrogen and oxygen atoms in total. The van der Waals surface area contributed by atoms with Crippen molar-refractivity contribution in [3.05, 3.63) is 48.0 Å². The number of nitrogens with one attached hydrogen (secondary N) is 3. The number of rotatable bonds is 9. The van der Waals surface area contributed by atoms with Gasteiger partial charge < -0.3 is 30.5 Å². The van der Waals surface area contributed by atoms with E-state index in [4.69, 9.17) is 9.47 Å². The van der Waals surface area contributed by atoms with E-state index in [0.29, 0.717) is 43.7 Å². The molecule has 4 N–H and O–H groups in total. The number of anilines is 1. The van der Waals surface area contributed by atoms with Crippen molar-refractivity contribution in [2.75, 3.05) is 38.7 Å². The molecule has 2 aromatic rings. The summed E-state index contributed by atoms with van der Waals surface area (Å²) < 4.78 is 10.9. The van der Waals surface area contributed by atoms with Crippen LogP contribution in [0.3, 0.4) is 0 Å². The normalized spacial score (nSPS) is 10.9. The van der Waals surface area contributed by atoms with Crippen LogP contribution in [0.4, 0.5) is 5.69 Å². The number of amides is 1. The molecule has 0 atom stereocenters. The lowest BCUT2D eigenvalue weighted by Crippen LogP contribution is -2.32. The highest BCUT2D eigenvalue weighted by atomic mass is 16.5. The van der Waals surface area contributed by atoms with Crippen molar-refractivity contribution in [1.29, 1.82) is 0 Å². The van der Waals surface area contributed by atoms with Crippen LogP contribution in [0.2, 0.25) is 0 Å². The molecule has 0 aliphatic rings. The fourth-order valence-corrected chi connectivity index (χ4v) is 2.56. The number of phenols is 1. The van der Waals surface area contributed by atoms with Gasteiger partial charge in [-0.25, -0.2) is 0 Å². The van der Waals surface area contributed by atoms with Crippen molar-refractivity contribution in [2.45, 2.75) is 13.8 Å². The lowest BCUT2D eigenvalue weighted by atomic mass is 10.2. The number of benzene rings is 2. The van der Waals surface area contributed by atoms with Crippen LogP contribution in [0.1, 0.15) is 24.2 Å². The van der Waals surface area contributed by atoms with E-state index in [-0.39, 0.29) is 17.2 Å². The van der Waals surface area contributed by atoms with E-state index in [0.717, 1.165) is 5.69 Å².